The van der Waals surface area contributed by atoms with Crippen molar-refractivity contribution in [3.8, 4) is 5.75 Å². The van der Waals surface area contributed by atoms with Gasteiger partial charge in [0.15, 0.2) is 0 Å². The van der Waals surface area contributed by atoms with E-state index in [1.807, 2.05) is 20.8 Å². The highest BCUT2D eigenvalue weighted by Gasteiger charge is 2.65. The van der Waals surface area contributed by atoms with E-state index in [0.717, 1.165) is 0 Å². The Bertz CT molecular complexity index is 818. The first-order valence-electron chi connectivity index (χ1n) is 10.4. The second-order valence-corrected chi connectivity index (χ2v) is 8.89. The van der Waals surface area contributed by atoms with Crippen molar-refractivity contribution in [1.82, 2.24) is 4.90 Å². The molecule has 0 aromatic heterocycles. The molecule has 172 valence electrons. The molecule has 1 aromatic rings. The van der Waals surface area contributed by atoms with Crippen LogP contribution in [0, 0.1) is 21.4 Å². The fourth-order valence-corrected chi connectivity index (χ4v) is 4.35. The summed E-state index contributed by atoms with van der Waals surface area (Å²) in [5.41, 5.74) is -0.254. The van der Waals surface area contributed by atoms with E-state index in [-0.39, 0.29) is 6.61 Å². The number of ether oxygens (including phenoxy) is 3. The summed E-state index contributed by atoms with van der Waals surface area (Å²) in [6, 6.07) is 3.26. The van der Waals surface area contributed by atoms with Crippen LogP contribution >= 0.6 is 0 Å². The van der Waals surface area contributed by atoms with Crippen molar-refractivity contribution in [2.45, 2.75) is 65.8 Å². The number of benzene rings is 1. The minimum Gasteiger partial charge on any atom is -0.496 e. The molecule has 1 aliphatic rings. The van der Waals surface area contributed by atoms with Crippen LogP contribution in [0.5, 0.6) is 5.75 Å². The third-order valence-corrected chi connectivity index (χ3v) is 5.41. The second-order valence-electron chi connectivity index (χ2n) is 8.89. The maximum absolute atomic E-state index is 13.2. The Kier molecular flexibility index (Phi) is 7.51. The zero-order valence-electron chi connectivity index (χ0n) is 19.2. The molecule has 1 fully saturated rings. The Morgan fingerprint density at radius 1 is 1.23 bits per heavy atom. The minimum absolute atomic E-state index is 0.0850. The number of carbonyl (C=O) groups excluding carboxylic acids is 2. The smallest absolute Gasteiger partial charge is 0.411 e. The molecule has 9 nitrogen and oxygen atoms in total. The van der Waals surface area contributed by atoms with E-state index >= 15 is 0 Å². The van der Waals surface area contributed by atoms with Crippen molar-refractivity contribution in [3.05, 3.63) is 39.9 Å². The number of likely N-dealkylation sites (tertiary alicyclic amines) is 1. The van der Waals surface area contributed by atoms with Gasteiger partial charge >= 0.3 is 12.1 Å². The second kappa shape index (κ2) is 9.53. The Labute approximate surface area is 182 Å². The van der Waals surface area contributed by atoms with Gasteiger partial charge in [-0.15, -0.1) is 0 Å². The van der Waals surface area contributed by atoms with Crippen LogP contribution in [0.3, 0.4) is 0 Å². The fourth-order valence-electron chi connectivity index (χ4n) is 4.35. The normalized spacial score (nSPS) is 23.5. The van der Waals surface area contributed by atoms with Gasteiger partial charge in [0.05, 0.1) is 25.7 Å². The first-order chi connectivity index (χ1) is 14.4. The van der Waals surface area contributed by atoms with Gasteiger partial charge in [-0.3, -0.25) is 15.0 Å². The van der Waals surface area contributed by atoms with Gasteiger partial charge in [0.2, 0.25) is 6.04 Å². The number of nitrogens with zero attached hydrogens (tertiary/aromatic N) is 2. The number of hydrogen-bond acceptors (Lipinski definition) is 7. The zero-order chi connectivity index (χ0) is 23.5. The molecular weight excluding hydrogens is 404 g/mol. The third-order valence-electron chi connectivity index (χ3n) is 5.41. The summed E-state index contributed by atoms with van der Waals surface area (Å²) in [5.74, 6) is -1.12. The monoisotopic (exact) mass is 436 g/mol. The van der Waals surface area contributed by atoms with Crippen molar-refractivity contribution in [2.24, 2.45) is 11.3 Å². The highest BCUT2D eigenvalue weighted by atomic mass is 16.6. The van der Waals surface area contributed by atoms with Gasteiger partial charge in [0.25, 0.3) is 0 Å². The van der Waals surface area contributed by atoms with Crippen molar-refractivity contribution >= 4 is 12.1 Å². The molecule has 1 amide bonds. The summed E-state index contributed by atoms with van der Waals surface area (Å²) in [4.78, 5) is 39.5. The number of amides is 1. The van der Waals surface area contributed by atoms with Crippen LogP contribution < -0.4 is 4.74 Å². The molecule has 0 aliphatic carbocycles. The quantitative estimate of drug-likeness (QED) is 0.379. The summed E-state index contributed by atoms with van der Waals surface area (Å²) >= 11 is 0. The lowest BCUT2D eigenvalue weighted by Gasteiger charge is -2.33. The van der Waals surface area contributed by atoms with Gasteiger partial charge in [0, 0.05) is 10.5 Å². The van der Waals surface area contributed by atoms with Crippen LogP contribution in [-0.4, -0.2) is 53.8 Å². The lowest BCUT2D eigenvalue weighted by molar-refractivity contribution is -0.536. The van der Waals surface area contributed by atoms with E-state index in [1.54, 1.807) is 45.0 Å². The topological polar surface area (TPSA) is 108 Å². The first kappa shape index (κ1) is 24.4. The maximum Gasteiger partial charge on any atom is 0.411 e. The Hall–Kier alpha value is -2.84. The van der Waals surface area contributed by atoms with Crippen LogP contribution in [0.15, 0.2) is 24.3 Å². The first-order valence-corrected chi connectivity index (χ1v) is 10.4. The lowest BCUT2D eigenvalue weighted by atomic mass is 9.72. The van der Waals surface area contributed by atoms with E-state index in [9.17, 15) is 19.7 Å². The van der Waals surface area contributed by atoms with Gasteiger partial charge in [0.1, 0.15) is 17.8 Å². The van der Waals surface area contributed by atoms with Crippen LogP contribution in [0.4, 0.5) is 4.79 Å². The molecule has 31 heavy (non-hydrogen) atoms. The highest BCUT2D eigenvalue weighted by molar-refractivity contribution is 5.83. The fraction of sp³-hybridized carbons (Fsp3) is 0.636. The molecule has 4 atom stereocenters. The Morgan fingerprint density at radius 3 is 2.32 bits per heavy atom. The molecule has 0 N–H and O–H groups in total. The summed E-state index contributed by atoms with van der Waals surface area (Å²) < 4.78 is 16.1. The molecule has 0 bridgehead atoms. The van der Waals surface area contributed by atoms with Gasteiger partial charge in [-0.1, -0.05) is 39.0 Å². The van der Waals surface area contributed by atoms with Crippen molar-refractivity contribution in [2.75, 3.05) is 13.7 Å². The molecule has 0 radical (unpaired) electrons. The molecule has 0 spiro atoms. The average Bonchev–Trinajstić information content (AvgIpc) is 3.04. The summed E-state index contributed by atoms with van der Waals surface area (Å²) in [7, 11) is 1.45. The molecule has 1 aromatic carbocycles. The molecule has 2 rings (SSSR count). The maximum atomic E-state index is 13.2. The van der Waals surface area contributed by atoms with Gasteiger partial charge in [-0.2, -0.15) is 0 Å². The lowest BCUT2D eigenvalue weighted by Crippen LogP contribution is -2.48. The van der Waals surface area contributed by atoms with Gasteiger partial charge in [-0.05, 0) is 32.3 Å². The van der Waals surface area contributed by atoms with Crippen molar-refractivity contribution in [3.63, 3.8) is 0 Å². The number of rotatable bonds is 6. The van der Waals surface area contributed by atoms with E-state index < -0.39 is 52.5 Å². The molecule has 9 heteroatoms. The summed E-state index contributed by atoms with van der Waals surface area (Å²) in [6.07, 6.45) is -1.28. The third kappa shape index (κ3) is 4.91. The number of para-hydroxylation sites is 1. The van der Waals surface area contributed by atoms with Gasteiger partial charge < -0.3 is 14.2 Å². The number of hydrogen-bond donors (Lipinski definition) is 0. The van der Waals surface area contributed by atoms with Crippen LogP contribution in [0.2, 0.25) is 0 Å². The van der Waals surface area contributed by atoms with E-state index in [2.05, 4.69) is 0 Å². The largest absolute Gasteiger partial charge is 0.496 e. The van der Waals surface area contributed by atoms with E-state index in [0.29, 0.717) is 11.3 Å². The van der Waals surface area contributed by atoms with Crippen molar-refractivity contribution < 1.29 is 28.7 Å². The molecule has 0 saturated carbocycles. The summed E-state index contributed by atoms with van der Waals surface area (Å²) in [6.45, 7) is 10.5. The van der Waals surface area contributed by atoms with E-state index in [1.165, 1.54) is 12.0 Å². The highest BCUT2D eigenvalue weighted by Crippen LogP contribution is 2.51. The van der Waals surface area contributed by atoms with Crippen LogP contribution in [0.25, 0.3) is 0 Å². The summed E-state index contributed by atoms with van der Waals surface area (Å²) in [5, 5.41) is 12.4. The average molecular weight is 437 g/mol. The van der Waals surface area contributed by atoms with E-state index in [4.69, 9.17) is 14.2 Å². The minimum atomic E-state index is -1.27. The SMILES string of the molecule is CCOC(=O)[C@@H]1[C@@H](C(C)(C)C)[C@H]([N+](=O)[O-])[C@H](c2ccccc2OC)N1C(=O)OC(C)C. The Morgan fingerprint density at radius 2 is 1.84 bits per heavy atom. The zero-order valence-corrected chi connectivity index (χ0v) is 19.2. The van der Waals surface area contributed by atoms with Crippen molar-refractivity contribution in [1.29, 1.82) is 0 Å². The van der Waals surface area contributed by atoms with Gasteiger partial charge in [-0.25, -0.2) is 9.59 Å². The Balaban J connectivity index is 2.81. The molecule has 1 saturated heterocycles. The molecule has 1 heterocycles. The molecule has 1 aliphatic heterocycles. The van der Waals surface area contributed by atoms with Crippen LogP contribution in [0.1, 0.15) is 53.1 Å². The predicted molar refractivity (Wildman–Crippen MR) is 113 cm³/mol. The number of methoxy groups -OCH3 is 1. The number of nitro groups is 1. The number of esters is 1. The predicted octanol–water partition coefficient (Wildman–Crippen LogP) is 3.84. The molecule has 0 unspecified atom stereocenters. The number of carbonyl (C=O) groups is 2. The van der Waals surface area contributed by atoms with Crippen LogP contribution in [-0.2, 0) is 14.3 Å². The standard InChI is InChI=1S/C22H32N2O7/c1-8-30-20(25)19-16(22(4,5)6)18(24(27)28)17(23(19)21(26)31-13(2)3)14-11-9-10-12-15(14)29-7/h9-13,16-19H,8H2,1-7H3/t16-,17-,18-,19-/m0/s1. The molecular formula is C22H32N2O7.